The Morgan fingerprint density at radius 1 is 1.05 bits per heavy atom. The molecule has 0 aromatic heterocycles. The summed E-state index contributed by atoms with van der Waals surface area (Å²) in [6.45, 7) is 10.0. The number of hydrogen-bond acceptors (Lipinski definition) is 5. The molecule has 6 unspecified atom stereocenters. The number of hydrogen-bond donors (Lipinski definition) is 2. The maximum Gasteiger partial charge on any atom is 0.171 e. The van der Waals surface area contributed by atoms with Crippen LogP contribution in [0, 0.1) is 35.0 Å². The van der Waals surface area contributed by atoms with Crippen LogP contribution < -0.4 is 0 Å². The first-order valence-corrected chi connectivity index (χ1v) is 16.3. The first-order chi connectivity index (χ1) is 19.0. The lowest BCUT2D eigenvalue weighted by Crippen LogP contribution is -2.58. The molecule has 4 aliphatic carbocycles. The second kappa shape index (κ2) is 10.0. The molecule has 1 aromatic carbocycles. The summed E-state index contributed by atoms with van der Waals surface area (Å²) in [6.07, 6.45) is 14.3. The maximum absolute atomic E-state index is 12.4. The highest BCUT2D eigenvalue weighted by Gasteiger charge is 2.64. The Hall–Kier alpha value is -1.55. The molecule has 2 N–H and O–H groups in total. The van der Waals surface area contributed by atoms with Crippen molar-refractivity contribution in [1.82, 2.24) is 0 Å². The van der Waals surface area contributed by atoms with Gasteiger partial charge in [0.1, 0.15) is 0 Å². The summed E-state index contributed by atoms with van der Waals surface area (Å²) < 4.78 is 12.8. The molecular formula is C35H46O4S. The molecule has 216 valence electrons. The Morgan fingerprint density at radius 3 is 2.45 bits per heavy atom. The van der Waals surface area contributed by atoms with Crippen molar-refractivity contribution in [3.05, 3.63) is 58.0 Å². The lowest BCUT2D eigenvalue weighted by molar-refractivity contribution is -0.322. The zero-order valence-corrected chi connectivity index (χ0v) is 25.5. The van der Waals surface area contributed by atoms with Crippen molar-refractivity contribution in [3.8, 4) is 12.3 Å². The maximum atomic E-state index is 12.4. The molecule has 1 aromatic rings. The molecule has 0 radical (unpaired) electrons. The third-order valence-electron chi connectivity index (χ3n) is 11.2. The van der Waals surface area contributed by atoms with Crippen molar-refractivity contribution in [2.24, 2.45) is 22.7 Å². The average Bonchev–Trinajstić information content (AvgIpc) is 3.20. The Bertz CT molecular complexity index is 1230. The highest BCUT2D eigenvalue weighted by Crippen LogP contribution is 2.68. The van der Waals surface area contributed by atoms with Gasteiger partial charge in [0.05, 0.1) is 24.4 Å². The normalized spacial score (nSPS) is 40.0. The highest BCUT2D eigenvalue weighted by molar-refractivity contribution is 8.02. The molecule has 0 amide bonds. The van der Waals surface area contributed by atoms with E-state index in [1.165, 1.54) is 16.7 Å². The summed E-state index contributed by atoms with van der Waals surface area (Å²) in [4.78, 5) is 0. The van der Waals surface area contributed by atoms with E-state index in [9.17, 15) is 10.2 Å². The van der Waals surface area contributed by atoms with Crippen molar-refractivity contribution in [2.45, 2.75) is 102 Å². The lowest BCUT2D eigenvalue weighted by atomic mass is 9.50. The number of aliphatic hydroxyl groups is 2. The molecule has 6 atom stereocenters. The smallest absolute Gasteiger partial charge is 0.171 e. The van der Waals surface area contributed by atoms with E-state index < -0.39 is 17.0 Å². The van der Waals surface area contributed by atoms with Gasteiger partial charge in [-0.25, -0.2) is 0 Å². The van der Waals surface area contributed by atoms with E-state index in [2.05, 4.69) is 50.3 Å². The van der Waals surface area contributed by atoms with Gasteiger partial charge < -0.3 is 19.7 Å². The predicted octanol–water partition coefficient (Wildman–Crippen LogP) is 6.96. The van der Waals surface area contributed by atoms with E-state index in [0.717, 1.165) is 56.3 Å². The van der Waals surface area contributed by atoms with Gasteiger partial charge in [0, 0.05) is 40.9 Å². The van der Waals surface area contributed by atoms with Gasteiger partial charge in [-0.3, -0.25) is 0 Å². The fourth-order valence-corrected chi connectivity index (χ4v) is 10.0. The summed E-state index contributed by atoms with van der Waals surface area (Å²) in [5.41, 5.74) is 2.99. The molecule has 1 heterocycles. The number of ether oxygens (including phenoxy) is 2. The topological polar surface area (TPSA) is 58.9 Å². The number of rotatable bonds is 4. The van der Waals surface area contributed by atoms with Crippen molar-refractivity contribution < 1.29 is 19.7 Å². The van der Waals surface area contributed by atoms with Gasteiger partial charge in [-0.1, -0.05) is 50.5 Å². The summed E-state index contributed by atoms with van der Waals surface area (Å²) in [6, 6.07) is 8.46. The molecule has 5 heteroatoms. The lowest BCUT2D eigenvalue weighted by Gasteiger charge is -2.58. The average molecular weight is 563 g/mol. The van der Waals surface area contributed by atoms with E-state index in [1.807, 2.05) is 19.1 Å². The minimum Gasteiger partial charge on any atom is -0.388 e. The van der Waals surface area contributed by atoms with E-state index in [1.54, 1.807) is 11.8 Å². The van der Waals surface area contributed by atoms with Crippen LogP contribution in [0.2, 0.25) is 0 Å². The van der Waals surface area contributed by atoms with Gasteiger partial charge in [-0.15, -0.1) is 18.2 Å². The number of allylic oxidation sites excluding steroid dienone is 2. The SMILES string of the molecule is C#Cc1ccc(C2CC3(C)C(CCC3(O)CSC=CC)C3CCC4(O)CC5(CCC4=C23)OCC(C)(C)CO5)cc1. The van der Waals surface area contributed by atoms with Crippen LogP contribution in [0.5, 0.6) is 0 Å². The van der Waals surface area contributed by atoms with Crippen LogP contribution in [0.4, 0.5) is 0 Å². The van der Waals surface area contributed by atoms with Gasteiger partial charge in [0.25, 0.3) is 0 Å². The summed E-state index contributed by atoms with van der Waals surface area (Å²) in [7, 11) is 0. The molecule has 5 aliphatic rings. The number of thioether (sulfide) groups is 1. The van der Waals surface area contributed by atoms with E-state index in [-0.39, 0.29) is 16.7 Å². The minimum absolute atomic E-state index is 0.00177. The molecule has 1 spiro atoms. The first kappa shape index (κ1) is 28.6. The number of fused-ring (bicyclic) bond motifs is 4. The quantitative estimate of drug-likeness (QED) is 0.307. The monoisotopic (exact) mass is 562 g/mol. The molecule has 40 heavy (non-hydrogen) atoms. The van der Waals surface area contributed by atoms with Crippen LogP contribution in [-0.4, -0.2) is 46.2 Å². The van der Waals surface area contributed by atoms with Gasteiger partial charge in [-0.05, 0) is 86.0 Å². The molecule has 4 fully saturated rings. The second-order valence-corrected chi connectivity index (χ2v) is 15.2. The van der Waals surface area contributed by atoms with Crippen molar-refractivity contribution in [1.29, 1.82) is 0 Å². The Balaban J connectivity index is 1.41. The van der Waals surface area contributed by atoms with Crippen LogP contribution in [0.25, 0.3) is 0 Å². The van der Waals surface area contributed by atoms with Crippen molar-refractivity contribution >= 4 is 11.8 Å². The van der Waals surface area contributed by atoms with Crippen molar-refractivity contribution in [2.75, 3.05) is 19.0 Å². The standard InChI is InChI=1S/C35H46O4S/c1-6-18-40-23-34(37)16-13-28-26-12-15-33(36)20-35(38-21-31(3,4)22-39-35)17-14-29(33)30(26)27(19-32(28,34)5)25-10-8-24(7-2)9-11-25/h2,6,8-11,18,26-28,36-37H,12-17,19-23H2,1,3-5H3. The van der Waals surface area contributed by atoms with Gasteiger partial charge in [-0.2, -0.15) is 0 Å². The minimum atomic E-state index is -0.910. The zero-order valence-electron chi connectivity index (χ0n) is 24.7. The fourth-order valence-electron chi connectivity index (χ4n) is 8.98. The predicted molar refractivity (Wildman–Crippen MR) is 162 cm³/mol. The second-order valence-electron chi connectivity index (χ2n) is 14.3. The third-order valence-corrected chi connectivity index (χ3v) is 12.3. The van der Waals surface area contributed by atoms with E-state index in [0.29, 0.717) is 31.5 Å². The Kier molecular flexibility index (Phi) is 7.16. The van der Waals surface area contributed by atoms with Crippen LogP contribution in [0.1, 0.15) is 96.1 Å². The fraction of sp³-hybridized carbons (Fsp3) is 0.657. The largest absolute Gasteiger partial charge is 0.388 e. The van der Waals surface area contributed by atoms with Gasteiger partial charge in [0.2, 0.25) is 0 Å². The third kappa shape index (κ3) is 4.54. The molecular weight excluding hydrogens is 516 g/mol. The van der Waals surface area contributed by atoms with Crippen LogP contribution in [-0.2, 0) is 9.47 Å². The summed E-state index contributed by atoms with van der Waals surface area (Å²) in [5, 5.41) is 26.7. The first-order valence-electron chi connectivity index (χ1n) is 15.2. The molecule has 1 aliphatic heterocycles. The van der Waals surface area contributed by atoms with Gasteiger partial charge in [0.15, 0.2) is 5.79 Å². The molecule has 4 nitrogen and oxygen atoms in total. The molecule has 6 rings (SSSR count). The Labute approximate surface area is 245 Å². The van der Waals surface area contributed by atoms with E-state index in [4.69, 9.17) is 15.9 Å². The summed E-state index contributed by atoms with van der Waals surface area (Å²) >= 11 is 1.73. The number of benzene rings is 1. The van der Waals surface area contributed by atoms with Crippen LogP contribution in [0.15, 0.2) is 46.9 Å². The van der Waals surface area contributed by atoms with E-state index >= 15 is 0 Å². The molecule has 1 saturated heterocycles. The van der Waals surface area contributed by atoms with Crippen molar-refractivity contribution in [3.63, 3.8) is 0 Å². The van der Waals surface area contributed by atoms with Gasteiger partial charge >= 0.3 is 0 Å². The number of terminal acetylenes is 1. The zero-order chi connectivity index (χ0) is 28.4. The molecule has 0 bridgehead atoms. The Morgan fingerprint density at radius 2 is 1.77 bits per heavy atom. The summed E-state index contributed by atoms with van der Waals surface area (Å²) in [5.74, 6) is 3.73. The van der Waals surface area contributed by atoms with Crippen LogP contribution in [0.3, 0.4) is 0 Å². The highest BCUT2D eigenvalue weighted by atomic mass is 32.2. The van der Waals surface area contributed by atoms with Crippen LogP contribution >= 0.6 is 11.8 Å². The molecule has 3 saturated carbocycles.